The summed E-state index contributed by atoms with van der Waals surface area (Å²) in [5.41, 5.74) is 9.54. The highest BCUT2D eigenvalue weighted by molar-refractivity contribution is 9.10. The van der Waals surface area contributed by atoms with E-state index in [1.54, 1.807) is 0 Å². The Morgan fingerprint density at radius 1 is 1.43 bits per heavy atom. The molecular weight excluding hydrogens is 330 g/mol. The summed E-state index contributed by atoms with van der Waals surface area (Å²) in [6.07, 6.45) is 1.79. The third-order valence-corrected chi connectivity index (χ3v) is 5.49. The molecule has 1 aromatic heterocycles. The van der Waals surface area contributed by atoms with Crippen LogP contribution in [0.15, 0.2) is 28.7 Å². The van der Waals surface area contributed by atoms with Gasteiger partial charge in [-0.3, -0.25) is 4.68 Å². The predicted octanol–water partition coefficient (Wildman–Crippen LogP) is 2.71. The van der Waals surface area contributed by atoms with Crippen LogP contribution in [-0.4, -0.2) is 22.9 Å². The summed E-state index contributed by atoms with van der Waals surface area (Å²) in [4.78, 5) is 0. The molecule has 2 N–H and O–H groups in total. The van der Waals surface area contributed by atoms with Gasteiger partial charge in [-0.25, -0.2) is 0 Å². The first-order valence-corrected chi connectivity index (χ1v) is 7.97. The molecule has 4 nitrogen and oxygen atoms in total. The summed E-state index contributed by atoms with van der Waals surface area (Å²) in [5, 5.41) is 4.50. The summed E-state index contributed by atoms with van der Waals surface area (Å²) in [7, 11) is 1.99. The molecule has 1 atom stereocenters. The Hall–Kier alpha value is -1.33. The minimum atomic E-state index is -0.0857. The van der Waals surface area contributed by atoms with Gasteiger partial charge in [0.1, 0.15) is 5.75 Å². The van der Waals surface area contributed by atoms with Crippen LogP contribution >= 0.6 is 15.9 Å². The van der Waals surface area contributed by atoms with Gasteiger partial charge in [0.25, 0.3) is 0 Å². The Balaban J connectivity index is 2.06. The zero-order valence-electron chi connectivity index (χ0n) is 12.4. The van der Waals surface area contributed by atoms with E-state index >= 15 is 0 Å². The van der Waals surface area contributed by atoms with Gasteiger partial charge in [0.05, 0.1) is 22.5 Å². The van der Waals surface area contributed by atoms with Crippen molar-refractivity contribution in [2.24, 2.45) is 12.8 Å². The summed E-state index contributed by atoms with van der Waals surface area (Å²) in [5.74, 6) is 0.962. The zero-order valence-corrected chi connectivity index (χ0v) is 14.0. The van der Waals surface area contributed by atoms with Crippen molar-refractivity contribution < 1.29 is 4.74 Å². The first-order valence-electron chi connectivity index (χ1n) is 7.18. The molecule has 0 amide bonds. The summed E-state index contributed by atoms with van der Waals surface area (Å²) < 4.78 is 8.83. The van der Waals surface area contributed by atoms with Crippen molar-refractivity contribution in [1.82, 2.24) is 9.78 Å². The number of hydrogen-bond donors (Lipinski definition) is 1. The van der Waals surface area contributed by atoms with Crippen molar-refractivity contribution in [3.05, 3.63) is 45.7 Å². The molecule has 0 saturated carbocycles. The number of aryl methyl sites for hydroxylation is 2. The Kier molecular flexibility index (Phi) is 3.80. The summed E-state index contributed by atoms with van der Waals surface area (Å²) in [6.45, 7) is 3.33. The number of fused-ring (bicyclic) bond motifs is 1. The standard InChI is InChI=1S/C16H20BrN3O/c1-11-15(17)13(20(2)19-11)9-16(10-18)7-8-21-14-6-4-3-5-12(14)16/h3-6H,7-10,18H2,1-2H3. The minimum absolute atomic E-state index is 0.0857. The third kappa shape index (κ3) is 2.38. The van der Waals surface area contributed by atoms with Crippen molar-refractivity contribution in [3.63, 3.8) is 0 Å². The predicted molar refractivity (Wildman–Crippen MR) is 86.6 cm³/mol. The Morgan fingerprint density at radius 2 is 2.19 bits per heavy atom. The number of benzene rings is 1. The third-order valence-electron chi connectivity index (χ3n) is 4.45. The van der Waals surface area contributed by atoms with Crippen LogP contribution in [0.4, 0.5) is 0 Å². The van der Waals surface area contributed by atoms with Crippen molar-refractivity contribution in [1.29, 1.82) is 0 Å². The molecule has 0 saturated heterocycles. The molecule has 3 rings (SSSR count). The first kappa shape index (κ1) is 14.6. The number of ether oxygens (including phenoxy) is 1. The van der Waals surface area contributed by atoms with Crippen molar-refractivity contribution >= 4 is 15.9 Å². The lowest BCUT2D eigenvalue weighted by molar-refractivity contribution is 0.213. The van der Waals surface area contributed by atoms with Crippen LogP contribution in [0.3, 0.4) is 0 Å². The molecule has 0 fully saturated rings. The van der Waals surface area contributed by atoms with Gasteiger partial charge >= 0.3 is 0 Å². The monoisotopic (exact) mass is 349 g/mol. The molecular formula is C16H20BrN3O. The van der Waals surface area contributed by atoms with E-state index in [2.05, 4.69) is 33.2 Å². The van der Waals surface area contributed by atoms with Gasteiger partial charge in [-0.15, -0.1) is 0 Å². The fourth-order valence-electron chi connectivity index (χ4n) is 3.18. The lowest BCUT2D eigenvalue weighted by Gasteiger charge is -2.38. The molecule has 0 spiro atoms. The molecule has 2 aromatic rings. The van der Waals surface area contributed by atoms with E-state index in [0.717, 1.165) is 28.8 Å². The van der Waals surface area contributed by atoms with E-state index < -0.39 is 0 Å². The molecule has 0 radical (unpaired) electrons. The average Bonchev–Trinajstić information content (AvgIpc) is 2.74. The Bertz CT molecular complexity index is 668. The highest BCUT2D eigenvalue weighted by Crippen LogP contribution is 2.41. The summed E-state index contributed by atoms with van der Waals surface area (Å²) in [6, 6.07) is 8.23. The zero-order chi connectivity index (χ0) is 15.0. The van der Waals surface area contributed by atoms with Crippen molar-refractivity contribution in [3.8, 4) is 5.75 Å². The van der Waals surface area contributed by atoms with E-state index in [1.807, 2.05) is 30.8 Å². The van der Waals surface area contributed by atoms with Gasteiger partial charge < -0.3 is 10.5 Å². The lowest BCUT2D eigenvalue weighted by atomic mass is 9.72. The van der Waals surface area contributed by atoms with Crippen LogP contribution in [0.25, 0.3) is 0 Å². The number of para-hydroxylation sites is 1. The summed E-state index contributed by atoms with van der Waals surface area (Å²) >= 11 is 3.67. The van der Waals surface area contributed by atoms with Gasteiger partial charge in [0.15, 0.2) is 0 Å². The second kappa shape index (κ2) is 5.46. The second-order valence-electron chi connectivity index (χ2n) is 5.73. The molecule has 1 aliphatic rings. The van der Waals surface area contributed by atoms with Crippen molar-refractivity contribution in [2.45, 2.75) is 25.2 Å². The maximum absolute atomic E-state index is 6.21. The lowest BCUT2D eigenvalue weighted by Crippen LogP contribution is -2.42. The van der Waals surface area contributed by atoms with Crippen molar-refractivity contribution in [2.75, 3.05) is 13.2 Å². The molecule has 1 aromatic carbocycles. The molecule has 0 bridgehead atoms. The molecule has 1 aliphatic heterocycles. The number of nitrogens with zero attached hydrogens (tertiary/aromatic N) is 2. The maximum atomic E-state index is 6.21. The number of hydrogen-bond acceptors (Lipinski definition) is 3. The number of halogens is 1. The minimum Gasteiger partial charge on any atom is -0.493 e. The van der Waals surface area contributed by atoms with Gasteiger partial charge in [-0.1, -0.05) is 18.2 Å². The van der Waals surface area contributed by atoms with Gasteiger partial charge in [0.2, 0.25) is 0 Å². The van der Waals surface area contributed by atoms with E-state index in [4.69, 9.17) is 10.5 Å². The molecule has 2 heterocycles. The highest BCUT2D eigenvalue weighted by Gasteiger charge is 2.38. The van der Waals surface area contributed by atoms with Gasteiger partial charge in [0, 0.05) is 31.0 Å². The molecule has 112 valence electrons. The second-order valence-corrected chi connectivity index (χ2v) is 6.52. The molecule has 0 aliphatic carbocycles. The normalized spacial score (nSPS) is 21.0. The van der Waals surface area contributed by atoms with Crippen LogP contribution in [0.5, 0.6) is 5.75 Å². The van der Waals surface area contributed by atoms with E-state index in [0.29, 0.717) is 13.2 Å². The van der Waals surface area contributed by atoms with E-state index in [1.165, 1.54) is 11.3 Å². The number of nitrogens with two attached hydrogens (primary N) is 1. The van der Waals surface area contributed by atoms with Gasteiger partial charge in [-0.2, -0.15) is 5.10 Å². The van der Waals surface area contributed by atoms with Crippen LogP contribution in [0.1, 0.15) is 23.4 Å². The van der Waals surface area contributed by atoms with E-state index in [9.17, 15) is 0 Å². The molecule has 1 unspecified atom stereocenters. The van der Waals surface area contributed by atoms with Crippen LogP contribution in [0, 0.1) is 6.92 Å². The van der Waals surface area contributed by atoms with Gasteiger partial charge in [-0.05, 0) is 35.3 Å². The largest absolute Gasteiger partial charge is 0.493 e. The topological polar surface area (TPSA) is 53.1 Å². The van der Waals surface area contributed by atoms with Crippen LogP contribution in [0.2, 0.25) is 0 Å². The maximum Gasteiger partial charge on any atom is 0.123 e. The van der Waals surface area contributed by atoms with Crippen LogP contribution in [-0.2, 0) is 18.9 Å². The fraction of sp³-hybridized carbons (Fsp3) is 0.438. The number of rotatable bonds is 3. The Morgan fingerprint density at radius 3 is 2.86 bits per heavy atom. The molecule has 5 heteroatoms. The SMILES string of the molecule is Cc1nn(C)c(CC2(CN)CCOc3ccccc32)c1Br. The average molecular weight is 350 g/mol. The highest BCUT2D eigenvalue weighted by atomic mass is 79.9. The smallest absolute Gasteiger partial charge is 0.123 e. The Labute approximate surface area is 133 Å². The van der Waals surface area contributed by atoms with E-state index in [-0.39, 0.29) is 5.41 Å². The quantitative estimate of drug-likeness (QED) is 0.926. The fourth-order valence-corrected chi connectivity index (χ4v) is 3.66. The first-order chi connectivity index (χ1) is 10.1. The molecule has 21 heavy (non-hydrogen) atoms. The van der Waals surface area contributed by atoms with Crippen LogP contribution < -0.4 is 10.5 Å². The number of aromatic nitrogens is 2.